The fourth-order valence-corrected chi connectivity index (χ4v) is 7.20. The third kappa shape index (κ3) is 3.25. The summed E-state index contributed by atoms with van der Waals surface area (Å²) in [6.45, 7) is 4.73. The third-order valence-corrected chi connectivity index (χ3v) is 9.15. The first-order chi connectivity index (χ1) is 20.0. The summed E-state index contributed by atoms with van der Waals surface area (Å²) in [5.74, 6) is 1.75. The molecule has 0 bridgehead atoms. The molecule has 41 heavy (non-hydrogen) atoms. The van der Waals surface area contributed by atoms with Crippen molar-refractivity contribution in [2.45, 2.75) is 24.9 Å². The predicted molar refractivity (Wildman–Crippen MR) is 169 cm³/mol. The Balaban J connectivity index is 1.48. The highest BCUT2D eigenvalue weighted by atomic mass is 16.5. The lowest BCUT2D eigenvalue weighted by atomic mass is 9.78. The maximum absolute atomic E-state index is 7.37. The van der Waals surface area contributed by atoms with E-state index in [1.54, 1.807) is 7.11 Å². The Morgan fingerprint density at radius 3 is 2.02 bits per heavy atom. The maximum Gasteiger partial charge on any atom is 0.178 e. The molecule has 1 aliphatic carbocycles. The lowest BCUT2D eigenvalue weighted by molar-refractivity contribution is 0.163. The number of hydrogen-bond donors (Lipinski definition) is 0. The van der Waals surface area contributed by atoms with E-state index in [0.717, 1.165) is 33.6 Å². The zero-order chi connectivity index (χ0) is 27.8. The molecule has 0 amide bonds. The smallest absolute Gasteiger partial charge is 0.178 e. The highest BCUT2D eigenvalue weighted by Gasteiger charge is 2.44. The molecule has 1 heterocycles. The van der Waals surface area contributed by atoms with Gasteiger partial charge in [0, 0.05) is 27.5 Å². The number of rotatable bonds is 3. The number of hydrogen-bond acceptors (Lipinski definition) is 2. The molecular formula is C39H30O2. The Labute approximate surface area is 240 Å². The van der Waals surface area contributed by atoms with Crippen molar-refractivity contribution < 1.29 is 9.47 Å². The van der Waals surface area contributed by atoms with Crippen LogP contribution in [-0.4, -0.2) is 7.11 Å². The number of fused-ring (bicyclic) bond motifs is 10. The summed E-state index contributed by atoms with van der Waals surface area (Å²) < 4.78 is 12.9. The van der Waals surface area contributed by atoms with E-state index in [9.17, 15) is 0 Å². The molecule has 2 nitrogen and oxygen atoms in total. The third-order valence-electron chi connectivity index (χ3n) is 9.15. The van der Waals surface area contributed by atoms with Gasteiger partial charge >= 0.3 is 0 Å². The second kappa shape index (κ2) is 8.59. The van der Waals surface area contributed by atoms with Crippen molar-refractivity contribution in [3.05, 3.63) is 149 Å². The van der Waals surface area contributed by atoms with Crippen LogP contribution in [0.5, 0.6) is 11.5 Å². The van der Waals surface area contributed by atoms with Crippen molar-refractivity contribution in [1.82, 2.24) is 0 Å². The van der Waals surface area contributed by atoms with Gasteiger partial charge in [-0.1, -0.05) is 117 Å². The van der Waals surface area contributed by atoms with Crippen LogP contribution in [0.4, 0.5) is 0 Å². The normalized spacial score (nSPS) is 18.0. The minimum absolute atomic E-state index is 0.152. The van der Waals surface area contributed by atoms with Crippen LogP contribution >= 0.6 is 0 Å². The molecule has 0 saturated carbocycles. The van der Waals surface area contributed by atoms with Crippen molar-refractivity contribution in [2.75, 3.05) is 7.11 Å². The van der Waals surface area contributed by atoms with Gasteiger partial charge in [0.25, 0.3) is 0 Å². The first-order valence-corrected chi connectivity index (χ1v) is 14.2. The summed E-state index contributed by atoms with van der Waals surface area (Å²) in [6, 6.07) is 40.9. The van der Waals surface area contributed by atoms with Gasteiger partial charge in [-0.25, -0.2) is 0 Å². The molecule has 1 atom stereocenters. The monoisotopic (exact) mass is 530 g/mol. The van der Waals surface area contributed by atoms with Crippen LogP contribution in [0.15, 0.2) is 121 Å². The Morgan fingerprint density at radius 1 is 0.610 bits per heavy atom. The van der Waals surface area contributed by atoms with Crippen LogP contribution in [-0.2, 0) is 11.0 Å². The Bertz CT molecular complexity index is 2020. The van der Waals surface area contributed by atoms with E-state index in [-0.39, 0.29) is 5.41 Å². The van der Waals surface area contributed by atoms with Crippen LogP contribution < -0.4 is 9.47 Å². The maximum atomic E-state index is 7.37. The van der Waals surface area contributed by atoms with E-state index >= 15 is 0 Å². The minimum Gasteiger partial charge on any atom is -0.497 e. The average molecular weight is 531 g/mol. The Hall–Kier alpha value is -4.82. The molecular weight excluding hydrogens is 500 g/mol. The Morgan fingerprint density at radius 2 is 1.27 bits per heavy atom. The van der Waals surface area contributed by atoms with Crippen LogP contribution in [0.3, 0.4) is 0 Å². The van der Waals surface area contributed by atoms with E-state index < -0.39 is 5.60 Å². The lowest BCUT2D eigenvalue weighted by Crippen LogP contribution is -2.34. The van der Waals surface area contributed by atoms with Crippen molar-refractivity contribution >= 4 is 27.6 Å². The molecule has 0 aromatic heterocycles. The Kier molecular flexibility index (Phi) is 5.03. The number of ether oxygens (including phenoxy) is 2. The average Bonchev–Trinajstić information content (AvgIpc) is 3.28. The summed E-state index contributed by atoms with van der Waals surface area (Å²) >= 11 is 0. The lowest BCUT2D eigenvalue weighted by Gasteiger charge is -2.38. The fraction of sp³-hybridized carbons (Fsp3) is 0.128. The van der Waals surface area contributed by atoms with E-state index in [0.29, 0.717) is 0 Å². The molecule has 0 saturated heterocycles. The topological polar surface area (TPSA) is 18.5 Å². The SMILES string of the molecule is COc1ccc(C2(c3ccccc3)C=Cc3c4c(c5ccccc5c3O2)C(C)(C)c2ccc3ccccc3c2-4)cc1. The van der Waals surface area contributed by atoms with Crippen LogP contribution in [0.1, 0.15) is 41.7 Å². The highest BCUT2D eigenvalue weighted by Crippen LogP contribution is 2.59. The van der Waals surface area contributed by atoms with E-state index in [4.69, 9.17) is 9.47 Å². The summed E-state index contributed by atoms with van der Waals surface area (Å²) in [5.41, 5.74) is 7.73. The largest absolute Gasteiger partial charge is 0.497 e. The van der Waals surface area contributed by atoms with Crippen molar-refractivity contribution in [3.63, 3.8) is 0 Å². The van der Waals surface area contributed by atoms with E-state index in [1.807, 2.05) is 12.1 Å². The first kappa shape index (κ1) is 24.0. The quantitative estimate of drug-likeness (QED) is 0.227. The molecule has 0 spiro atoms. The second-order valence-corrected chi connectivity index (χ2v) is 11.6. The molecule has 198 valence electrons. The number of methoxy groups -OCH3 is 1. The molecule has 8 rings (SSSR count). The number of benzene rings is 6. The predicted octanol–water partition coefficient (Wildman–Crippen LogP) is 9.66. The van der Waals surface area contributed by atoms with Crippen molar-refractivity contribution in [3.8, 4) is 22.6 Å². The molecule has 2 aliphatic rings. The van der Waals surface area contributed by atoms with Gasteiger partial charge < -0.3 is 9.47 Å². The van der Waals surface area contributed by atoms with Gasteiger partial charge in [-0.3, -0.25) is 0 Å². The van der Waals surface area contributed by atoms with Gasteiger partial charge in [0.05, 0.1) is 7.11 Å². The molecule has 0 N–H and O–H groups in total. The van der Waals surface area contributed by atoms with Gasteiger partial charge in [0.1, 0.15) is 11.5 Å². The molecule has 0 radical (unpaired) electrons. The summed E-state index contributed by atoms with van der Waals surface area (Å²) in [6.07, 6.45) is 4.56. The van der Waals surface area contributed by atoms with Crippen LogP contribution in [0.2, 0.25) is 0 Å². The summed E-state index contributed by atoms with van der Waals surface area (Å²) in [7, 11) is 1.70. The van der Waals surface area contributed by atoms with Gasteiger partial charge in [-0.05, 0) is 62.7 Å². The first-order valence-electron chi connectivity index (χ1n) is 14.2. The van der Waals surface area contributed by atoms with Gasteiger partial charge in [0.15, 0.2) is 5.60 Å². The standard InChI is InChI=1S/C39H30O2/c1-38(2)33-22-17-25-11-7-8-14-29(25)34(33)35-32-23-24-39(26-12-5-4-6-13-26,27-18-20-28(40-3)21-19-27)41-37(32)31-16-10-9-15-30(31)36(35)38/h4-24H,1-3H3. The second-order valence-electron chi connectivity index (χ2n) is 11.6. The minimum atomic E-state index is -0.784. The van der Waals surface area contributed by atoms with E-state index in [2.05, 4.69) is 129 Å². The van der Waals surface area contributed by atoms with Crippen LogP contribution in [0, 0.1) is 0 Å². The molecule has 2 heteroatoms. The van der Waals surface area contributed by atoms with Crippen molar-refractivity contribution in [1.29, 1.82) is 0 Å². The molecule has 1 unspecified atom stereocenters. The molecule has 0 fully saturated rings. The van der Waals surface area contributed by atoms with Gasteiger partial charge in [-0.2, -0.15) is 0 Å². The summed E-state index contributed by atoms with van der Waals surface area (Å²) in [4.78, 5) is 0. The highest BCUT2D eigenvalue weighted by molar-refractivity contribution is 6.12. The molecule has 6 aromatic carbocycles. The van der Waals surface area contributed by atoms with Crippen molar-refractivity contribution in [2.24, 2.45) is 0 Å². The van der Waals surface area contributed by atoms with E-state index in [1.165, 1.54) is 38.4 Å². The van der Waals surface area contributed by atoms with Crippen LogP contribution in [0.25, 0.3) is 38.7 Å². The zero-order valence-electron chi connectivity index (χ0n) is 23.4. The summed E-state index contributed by atoms with van der Waals surface area (Å²) in [5, 5.41) is 4.94. The molecule has 1 aliphatic heterocycles. The fourth-order valence-electron chi connectivity index (χ4n) is 7.20. The van der Waals surface area contributed by atoms with Gasteiger partial charge in [0.2, 0.25) is 0 Å². The van der Waals surface area contributed by atoms with Gasteiger partial charge in [-0.15, -0.1) is 0 Å². The zero-order valence-corrected chi connectivity index (χ0v) is 23.4. The molecule has 6 aromatic rings.